The van der Waals surface area contributed by atoms with Crippen LogP contribution in [0.25, 0.3) is 10.8 Å². The van der Waals surface area contributed by atoms with Gasteiger partial charge in [0.1, 0.15) is 5.75 Å². The smallest absolute Gasteiger partial charge is 0.303 e. The van der Waals surface area contributed by atoms with E-state index >= 15 is 0 Å². The van der Waals surface area contributed by atoms with Crippen LogP contribution in [0.15, 0.2) is 66.7 Å². The maximum Gasteiger partial charge on any atom is 0.303 e. The summed E-state index contributed by atoms with van der Waals surface area (Å²) in [6.07, 6.45) is 6.45. The summed E-state index contributed by atoms with van der Waals surface area (Å²) < 4.78 is 12.8. The lowest BCUT2D eigenvalue weighted by molar-refractivity contribution is -0.243. The molecule has 0 saturated carbocycles. The van der Waals surface area contributed by atoms with Crippen molar-refractivity contribution in [2.24, 2.45) is 5.92 Å². The van der Waals surface area contributed by atoms with Crippen LogP contribution < -0.4 is 0 Å². The molecule has 5 rings (SSSR count). The topological polar surface area (TPSA) is 76.0 Å². The summed E-state index contributed by atoms with van der Waals surface area (Å²) in [5, 5.41) is 21.9. The van der Waals surface area contributed by atoms with Gasteiger partial charge in [-0.05, 0) is 53.6 Å². The van der Waals surface area contributed by atoms with Crippen molar-refractivity contribution in [3.05, 3.63) is 89.0 Å². The van der Waals surface area contributed by atoms with Crippen molar-refractivity contribution in [1.82, 2.24) is 0 Å². The van der Waals surface area contributed by atoms with E-state index < -0.39 is 12.3 Å². The van der Waals surface area contributed by atoms with Gasteiger partial charge in [-0.15, -0.1) is 0 Å². The Bertz CT molecular complexity index is 1190. The fraction of sp³-hybridized carbons (Fsp3) is 0.321. The molecule has 5 heteroatoms. The van der Waals surface area contributed by atoms with Gasteiger partial charge in [0.2, 0.25) is 0 Å². The molecule has 2 N–H and O–H groups in total. The number of carboxylic acid groups (broad SMARTS) is 1. The van der Waals surface area contributed by atoms with E-state index in [2.05, 4.69) is 30.3 Å². The molecule has 5 nitrogen and oxygen atoms in total. The molecule has 0 aromatic heterocycles. The summed E-state index contributed by atoms with van der Waals surface area (Å²) >= 11 is 0. The highest BCUT2D eigenvalue weighted by Crippen LogP contribution is 2.45. The van der Waals surface area contributed by atoms with Crippen LogP contribution >= 0.6 is 0 Å². The van der Waals surface area contributed by atoms with Crippen molar-refractivity contribution in [1.29, 1.82) is 0 Å². The molecular formula is C28H28O5. The van der Waals surface area contributed by atoms with Crippen LogP contribution in [0.5, 0.6) is 5.75 Å². The molecule has 170 valence electrons. The van der Waals surface area contributed by atoms with Gasteiger partial charge in [-0.25, -0.2) is 0 Å². The molecule has 1 heterocycles. The number of aromatic hydroxyl groups is 1. The van der Waals surface area contributed by atoms with E-state index in [0.29, 0.717) is 19.4 Å². The Balaban J connectivity index is 1.42. The predicted octanol–water partition coefficient (Wildman–Crippen LogP) is 5.86. The van der Waals surface area contributed by atoms with E-state index in [1.807, 2.05) is 24.3 Å². The summed E-state index contributed by atoms with van der Waals surface area (Å²) in [7, 11) is 0. The second-order valence-corrected chi connectivity index (χ2v) is 8.83. The highest BCUT2D eigenvalue weighted by molar-refractivity contribution is 5.93. The number of hydrogen-bond donors (Lipinski definition) is 2. The van der Waals surface area contributed by atoms with Crippen molar-refractivity contribution in [3.8, 4) is 5.75 Å². The molecule has 1 fully saturated rings. The first-order chi connectivity index (χ1) is 16.1. The molecule has 3 unspecified atom stereocenters. The first-order valence-corrected chi connectivity index (χ1v) is 11.6. The molecule has 0 radical (unpaired) electrons. The van der Waals surface area contributed by atoms with Gasteiger partial charge in [0.05, 0.1) is 12.7 Å². The van der Waals surface area contributed by atoms with Crippen LogP contribution in [-0.2, 0) is 27.1 Å². The van der Waals surface area contributed by atoms with E-state index in [1.165, 1.54) is 21.9 Å². The summed E-state index contributed by atoms with van der Waals surface area (Å²) in [5.74, 6) is -0.583. The number of para-hydroxylation sites is 1. The van der Waals surface area contributed by atoms with Crippen molar-refractivity contribution >= 4 is 16.7 Å². The molecule has 3 aromatic carbocycles. The second kappa shape index (κ2) is 9.38. The quantitative estimate of drug-likeness (QED) is 0.447. The van der Waals surface area contributed by atoms with Crippen LogP contribution in [0, 0.1) is 5.92 Å². The van der Waals surface area contributed by atoms with Gasteiger partial charge in [-0.1, -0.05) is 60.7 Å². The number of phenolic OH excluding ortho intramolecular Hbond substituents is 1. The Hall–Kier alpha value is -3.15. The van der Waals surface area contributed by atoms with E-state index in [4.69, 9.17) is 14.6 Å². The van der Waals surface area contributed by atoms with Crippen molar-refractivity contribution in [3.63, 3.8) is 0 Å². The zero-order valence-corrected chi connectivity index (χ0v) is 18.4. The number of aliphatic carboxylic acids is 1. The third kappa shape index (κ3) is 4.39. The minimum atomic E-state index is -0.802. The number of hydrogen-bond acceptors (Lipinski definition) is 4. The number of carbonyl (C=O) groups is 1. The lowest BCUT2D eigenvalue weighted by atomic mass is 9.91. The van der Waals surface area contributed by atoms with Crippen molar-refractivity contribution in [2.45, 2.75) is 44.5 Å². The Labute approximate surface area is 193 Å². The van der Waals surface area contributed by atoms with E-state index in [9.17, 15) is 9.90 Å². The fourth-order valence-corrected chi connectivity index (χ4v) is 5.06. The van der Waals surface area contributed by atoms with Gasteiger partial charge in [0.15, 0.2) is 6.29 Å². The first kappa shape index (κ1) is 21.7. The van der Waals surface area contributed by atoms with Crippen LogP contribution in [0.2, 0.25) is 0 Å². The highest BCUT2D eigenvalue weighted by atomic mass is 16.7. The van der Waals surface area contributed by atoms with Crippen molar-refractivity contribution < 1.29 is 24.5 Å². The second-order valence-electron chi connectivity index (χ2n) is 8.83. The number of rotatable bonds is 7. The van der Waals surface area contributed by atoms with Gasteiger partial charge in [0, 0.05) is 23.5 Å². The average molecular weight is 445 g/mol. The van der Waals surface area contributed by atoms with Crippen molar-refractivity contribution in [2.75, 3.05) is 6.61 Å². The lowest BCUT2D eigenvalue weighted by Crippen LogP contribution is -2.30. The molecule has 33 heavy (non-hydrogen) atoms. The molecule has 1 saturated heterocycles. The first-order valence-electron chi connectivity index (χ1n) is 11.6. The minimum Gasteiger partial charge on any atom is -0.508 e. The summed E-state index contributed by atoms with van der Waals surface area (Å²) in [4.78, 5) is 10.7. The van der Waals surface area contributed by atoms with Crippen LogP contribution in [0.3, 0.4) is 0 Å². The normalized spacial score (nSPS) is 22.2. The van der Waals surface area contributed by atoms with Gasteiger partial charge >= 0.3 is 5.97 Å². The minimum absolute atomic E-state index is 0.00686. The summed E-state index contributed by atoms with van der Waals surface area (Å²) in [5.41, 5.74) is 4.53. The average Bonchev–Trinajstić information content (AvgIpc) is 3.24. The Morgan fingerprint density at radius 3 is 2.61 bits per heavy atom. The third-order valence-electron chi connectivity index (χ3n) is 6.70. The van der Waals surface area contributed by atoms with E-state index in [-0.39, 0.29) is 24.2 Å². The number of phenols is 1. The Morgan fingerprint density at radius 2 is 1.79 bits per heavy atom. The number of carboxylic acids is 1. The highest BCUT2D eigenvalue weighted by Gasteiger charge is 2.35. The Kier molecular flexibility index (Phi) is 6.16. The van der Waals surface area contributed by atoms with Crippen LogP contribution in [0.4, 0.5) is 0 Å². The summed E-state index contributed by atoms with van der Waals surface area (Å²) in [6.45, 7) is 0.482. The fourth-order valence-electron chi connectivity index (χ4n) is 5.06. The Morgan fingerprint density at radius 1 is 0.970 bits per heavy atom. The monoisotopic (exact) mass is 444 g/mol. The zero-order valence-electron chi connectivity index (χ0n) is 18.4. The van der Waals surface area contributed by atoms with Gasteiger partial charge < -0.3 is 19.7 Å². The molecular weight excluding hydrogens is 416 g/mol. The molecule has 0 bridgehead atoms. The van der Waals surface area contributed by atoms with Gasteiger partial charge in [-0.3, -0.25) is 4.79 Å². The number of allylic oxidation sites excluding steroid dienone is 2. The maximum absolute atomic E-state index is 10.7. The summed E-state index contributed by atoms with van der Waals surface area (Å²) in [6, 6.07) is 18.0. The van der Waals surface area contributed by atoms with Gasteiger partial charge in [-0.2, -0.15) is 0 Å². The largest absolute Gasteiger partial charge is 0.508 e. The molecule has 1 aliphatic carbocycles. The molecule has 0 spiro atoms. The maximum atomic E-state index is 10.7. The zero-order chi connectivity index (χ0) is 22.8. The van der Waals surface area contributed by atoms with Gasteiger partial charge in [0.25, 0.3) is 0 Å². The molecule has 0 amide bonds. The lowest BCUT2D eigenvalue weighted by Gasteiger charge is -2.37. The van der Waals surface area contributed by atoms with Crippen LogP contribution in [-0.4, -0.2) is 22.8 Å². The molecule has 3 aromatic rings. The molecule has 2 aliphatic rings. The number of aryl methyl sites for hydroxylation is 2. The van der Waals surface area contributed by atoms with E-state index in [0.717, 1.165) is 24.0 Å². The SMILES string of the molecule is O=C(O)CCC=CCC1COC(c2ccc3c4c(cccc24)CC3)OC1c1ccccc1O. The standard InChI is InChI=1S/C28H28O5/c29-24-11-5-4-9-23(24)27-20(7-2-1-3-12-25(30)31)17-32-28(33-27)22-16-15-19-14-13-18-8-6-10-21(22)26(18)19/h1-2,4-6,8-11,15-16,20,27-29H,3,7,12-14,17H2,(H,30,31). The predicted molar refractivity (Wildman–Crippen MR) is 126 cm³/mol. The molecule has 1 aliphatic heterocycles. The van der Waals surface area contributed by atoms with E-state index in [1.54, 1.807) is 12.1 Å². The number of benzene rings is 3. The number of ether oxygens (including phenoxy) is 2. The van der Waals surface area contributed by atoms with Crippen LogP contribution in [0.1, 0.15) is 53.9 Å². The third-order valence-corrected chi connectivity index (χ3v) is 6.70. The molecule has 3 atom stereocenters.